The largest absolute Gasteiger partial charge is 0.469 e. The molecule has 1 aromatic heterocycles. The van der Waals surface area contributed by atoms with E-state index in [0.29, 0.717) is 29.1 Å². The van der Waals surface area contributed by atoms with Gasteiger partial charge in [-0.15, -0.1) is 0 Å². The van der Waals surface area contributed by atoms with Crippen molar-refractivity contribution in [3.05, 3.63) is 53.3 Å². The Morgan fingerprint density at radius 3 is 2.48 bits per heavy atom. The van der Waals surface area contributed by atoms with E-state index in [1.165, 1.54) is 7.11 Å². The smallest absolute Gasteiger partial charge is 0.314 e. The van der Waals surface area contributed by atoms with Crippen LogP contribution in [0.3, 0.4) is 0 Å². The van der Waals surface area contributed by atoms with Crippen molar-refractivity contribution in [2.45, 2.75) is 23.8 Å². The molecule has 0 radical (unpaired) electrons. The maximum Gasteiger partial charge on any atom is 0.314 e. The number of rotatable bonds is 4. The van der Waals surface area contributed by atoms with Crippen LogP contribution in [-0.4, -0.2) is 33.9 Å². The molecule has 0 amide bonds. The lowest BCUT2D eigenvalue weighted by Crippen LogP contribution is -2.11. The highest BCUT2D eigenvalue weighted by Gasteiger charge is 2.32. The number of fused-ring (bicyclic) bond motifs is 1. The molecule has 2 heterocycles. The lowest BCUT2D eigenvalue weighted by atomic mass is 10.1. The molecule has 0 bridgehead atoms. The van der Waals surface area contributed by atoms with Crippen LogP contribution in [0.5, 0.6) is 0 Å². The van der Waals surface area contributed by atoms with Crippen LogP contribution in [-0.2, 0) is 26.9 Å². The van der Waals surface area contributed by atoms with Gasteiger partial charge in [0.25, 0.3) is 0 Å². The lowest BCUT2D eigenvalue weighted by Gasteiger charge is -2.07. The molecule has 1 aliphatic rings. The van der Waals surface area contributed by atoms with Crippen LogP contribution >= 0.6 is 0 Å². The maximum absolute atomic E-state index is 12.7. The summed E-state index contributed by atoms with van der Waals surface area (Å²) in [5.41, 5.74) is 1.94. The fourth-order valence-electron chi connectivity index (χ4n) is 2.97. The highest BCUT2D eigenvalue weighted by atomic mass is 32.2. The molecule has 2 unspecified atom stereocenters. The van der Waals surface area contributed by atoms with Gasteiger partial charge in [0.05, 0.1) is 18.7 Å². The molecular weight excluding hydrogens is 314 g/mol. The van der Waals surface area contributed by atoms with Crippen molar-refractivity contribution in [2.24, 2.45) is 0 Å². The summed E-state index contributed by atoms with van der Waals surface area (Å²) in [5, 5.41) is 0. The number of esters is 1. The minimum atomic E-state index is -1.07. The highest BCUT2D eigenvalue weighted by Crippen LogP contribution is 2.32. The summed E-state index contributed by atoms with van der Waals surface area (Å²) in [5.74, 6) is -0.669. The number of aromatic nitrogens is 1. The number of hydrogen-bond donors (Lipinski definition) is 0. The lowest BCUT2D eigenvalue weighted by molar-refractivity contribution is -0.142. The second-order valence-corrected chi connectivity index (χ2v) is 6.85. The van der Waals surface area contributed by atoms with Crippen molar-refractivity contribution in [3.63, 3.8) is 0 Å². The third-order valence-corrected chi connectivity index (χ3v) is 5.12. The van der Waals surface area contributed by atoms with Crippen LogP contribution in [0.1, 0.15) is 34.1 Å². The number of nitrogens with zero attached hydrogens (tertiary/aromatic N) is 1. The van der Waals surface area contributed by atoms with Crippen molar-refractivity contribution >= 4 is 22.6 Å². The SMILES string of the molecule is COC(=O)C1CCn2c(C(=O)c3ccc(S(C)=O)cc3)ccc21. The van der Waals surface area contributed by atoms with E-state index >= 15 is 0 Å². The van der Waals surface area contributed by atoms with E-state index in [2.05, 4.69) is 0 Å². The maximum atomic E-state index is 12.7. The van der Waals surface area contributed by atoms with Crippen molar-refractivity contribution in [1.29, 1.82) is 0 Å². The van der Waals surface area contributed by atoms with E-state index in [1.54, 1.807) is 36.6 Å². The van der Waals surface area contributed by atoms with E-state index in [1.807, 2.05) is 10.6 Å². The number of benzene rings is 1. The molecule has 3 rings (SSSR count). The number of methoxy groups -OCH3 is 1. The minimum Gasteiger partial charge on any atom is -0.469 e. The predicted octanol–water partition coefficient (Wildman–Crippen LogP) is 2.12. The van der Waals surface area contributed by atoms with Crippen LogP contribution < -0.4 is 0 Å². The van der Waals surface area contributed by atoms with Gasteiger partial charge in [0.1, 0.15) is 0 Å². The van der Waals surface area contributed by atoms with Crippen LogP contribution in [0.4, 0.5) is 0 Å². The van der Waals surface area contributed by atoms with Crippen molar-refractivity contribution in [2.75, 3.05) is 13.4 Å². The van der Waals surface area contributed by atoms with Gasteiger partial charge in [0, 0.05) is 39.8 Å². The van der Waals surface area contributed by atoms with E-state index < -0.39 is 10.8 Å². The first-order chi connectivity index (χ1) is 11.0. The van der Waals surface area contributed by atoms with E-state index in [0.717, 1.165) is 5.69 Å². The summed E-state index contributed by atoms with van der Waals surface area (Å²) in [6.45, 7) is 0.625. The Balaban J connectivity index is 1.90. The molecule has 120 valence electrons. The van der Waals surface area contributed by atoms with Crippen molar-refractivity contribution in [1.82, 2.24) is 4.57 Å². The molecule has 2 aromatic rings. The molecule has 1 aromatic carbocycles. The summed E-state index contributed by atoms with van der Waals surface area (Å²) in [6, 6.07) is 10.3. The molecule has 6 heteroatoms. The normalized spacial score (nSPS) is 17.6. The van der Waals surface area contributed by atoms with Crippen LogP contribution in [0.2, 0.25) is 0 Å². The summed E-state index contributed by atoms with van der Waals surface area (Å²) < 4.78 is 18.1. The second-order valence-electron chi connectivity index (χ2n) is 5.47. The van der Waals surface area contributed by atoms with Gasteiger partial charge < -0.3 is 9.30 Å². The Morgan fingerprint density at radius 2 is 1.87 bits per heavy atom. The Hall–Kier alpha value is -2.21. The first kappa shape index (κ1) is 15.7. The van der Waals surface area contributed by atoms with Crippen LogP contribution in [0.15, 0.2) is 41.3 Å². The zero-order valence-corrected chi connectivity index (χ0v) is 13.8. The Morgan fingerprint density at radius 1 is 1.17 bits per heavy atom. The summed E-state index contributed by atoms with van der Waals surface area (Å²) in [7, 11) is 0.308. The molecular formula is C17H17NO4S. The average Bonchev–Trinajstić information content (AvgIpc) is 3.15. The molecule has 5 nitrogen and oxygen atoms in total. The third kappa shape index (κ3) is 2.74. The van der Waals surface area contributed by atoms with Gasteiger partial charge in [-0.1, -0.05) is 0 Å². The number of hydrogen-bond acceptors (Lipinski definition) is 4. The summed E-state index contributed by atoms with van der Waals surface area (Å²) in [4.78, 5) is 25.1. The van der Waals surface area contributed by atoms with Crippen LogP contribution in [0.25, 0.3) is 0 Å². The minimum absolute atomic E-state index is 0.102. The Kier molecular flexibility index (Phi) is 4.17. The molecule has 0 saturated heterocycles. The quantitative estimate of drug-likeness (QED) is 0.636. The number of ether oxygens (including phenoxy) is 1. The van der Waals surface area contributed by atoms with Gasteiger partial charge in [-0.25, -0.2) is 0 Å². The average molecular weight is 331 g/mol. The van der Waals surface area contributed by atoms with Gasteiger partial charge in [-0.3, -0.25) is 13.8 Å². The van der Waals surface area contributed by atoms with Gasteiger partial charge in [0.15, 0.2) is 0 Å². The molecule has 0 saturated carbocycles. The van der Waals surface area contributed by atoms with Gasteiger partial charge >= 0.3 is 5.97 Å². The Labute approximate surface area is 136 Å². The molecule has 0 aliphatic carbocycles. The predicted molar refractivity (Wildman–Crippen MR) is 86.0 cm³/mol. The van der Waals surface area contributed by atoms with Gasteiger partial charge in [0.2, 0.25) is 5.78 Å². The molecule has 2 atom stereocenters. The zero-order chi connectivity index (χ0) is 16.6. The third-order valence-electron chi connectivity index (χ3n) is 4.18. The monoisotopic (exact) mass is 331 g/mol. The molecule has 23 heavy (non-hydrogen) atoms. The number of carbonyl (C=O) groups is 2. The topological polar surface area (TPSA) is 65.4 Å². The number of carbonyl (C=O) groups excluding carboxylic acids is 2. The fraction of sp³-hybridized carbons (Fsp3) is 0.294. The van der Waals surface area contributed by atoms with Gasteiger partial charge in [-0.2, -0.15) is 0 Å². The Bertz CT molecular complexity index is 791. The van der Waals surface area contributed by atoms with E-state index in [4.69, 9.17) is 4.74 Å². The van der Waals surface area contributed by atoms with Crippen LogP contribution in [0, 0.1) is 0 Å². The van der Waals surface area contributed by atoms with Gasteiger partial charge in [-0.05, 0) is 42.8 Å². The highest BCUT2D eigenvalue weighted by molar-refractivity contribution is 7.84. The summed E-state index contributed by atoms with van der Waals surface area (Å²) >= 11 is 0. The molecule has 0 N–H and O–H groups in total. The van der Waals surface area contributed by atoms with E-state index in [-0.39, 0.29) is 17.7 Å². The molecule has 1 aliphatic heterocycles. The number of ketones is 1. The first-order valence-corrected chi connectivity index (χ1v) is 8.84. The van der Waals surface area contributed by atoms with E-state index in [9.17, 15) is 13.8 Å². The molecule has 0 fully saturated rings. The standard InChI is InChI=1S/C17H17NO4S/c1-22-17(20)13-9-10-18-14(13)7-8-15(18)16(19)11-3-5-12(6-4-11)23(2)21/h3-8,13H,9-10H2,1-2H3. The second kappa shape index (κ2) is 6.12. The van der Waals surface area contributed by atoms with Crippen molar-refractivity contribution < 1.29 is 18.5 Å². The zero-order valence-electron chi connectivity index (χ0n) is 12.9. The summed E-state index contributed by atoms with van der Waals surface area (Å²) in [6.07, 6.45) is 2.25. The molecule has 0 spiro atoms. The fourth-order valence-corrected chi connectivity index (χ4v) is 3.49. The van der Waals surface area contributed by atoms with Crippen molar-refractivity contribution in [3.8, 4) is 0 Å². The first-order valence-electron chi connectivity index (χ1n) is 7.28.